The molecule has 28 heavy (non-hydrogen) atoms. The van der Waals surface area contributed by atoms with E-state index in [0.29, 0.717) is 15.8 Å². The molecule has 0 atom stereocenters. The lowest BCUT2D eigenvalue weighted by Crippen LogP contribution is -2.25. The fourth-order valence-electron chi connectivity index (χ4n) is 2.37. The molecule has 0 saturated heterocycles. The minimum atomic E-state index is -1.12. The minimum absolute atomic E-state index is 0.0899. The van der Waals surface area contributed by atoms with Crippen LogP contribution in [0, 0.1) is 20.2 Å². The minimum Gasteiger partial charge on any atom is -0.457 e. The van der Waals surface area contributed by atoms with Gasteiger partial charge in [-0.05, 0) is 46.3 Å². The van der Waals surface area contributed by atoms with Crippen LogP contribution in [0.4, 0.5) is 11.4 Å². The van der Waals surface area contributed by atoms with Gasteiger partial charge < -0.3 is 9.40 Å². The van der Waals surface area contributed by atoms with Crippen LogP contribution in [0.3, 0.4) is 0 Å². The summed E-state index contributed by atoms with van der Waals surface area (Å²) in [4.78, 5) is 47.3. The predicted molar refractivity (Wildman–Crippen MR) is 102 cm³/mol. The number of hydrogen-bond donors (Lipinski definition) is 2. The van der Waals surface area contributed by atoms with Crippen LogP contribution in [0.2, 0.25) is 0 Å². The number of benzene rings is 1. The van der Waals surface area contributed by atoms with Crippen LogP contribution in [-0.4, -0.2) is 19.8 Å². The van der Waals surface area contributed by atoms with Crippen molar-refractivity contribution < 1.29 is 14.3 Å². The Balaban J connectivity index is 1.94. The maximum Gasteiger partial charge on any atom is 0.357 e. The third-order valence-corrected chi connectivity index (χ3v) is 4.25. The largest absolute Gasteiger partial charge is 0.457 e. The average Bonchev–Trinajstić information content (AvgIpc) is 3.07. The molecule has 0 unspecified atom stereocenters. The molecule has 11 nitrogen and oxygen atoms in total. The number of nitrogens with one attached hydrogen (secondary N) is 2. The topological polar surface area (TPSA) is 165 Å². The Labute approximate surface area is 162 Å². The quantitative estimate of drug-likeness (QED) is 0.446. The third kappa shape index (κ3) is 3.81. The average molecular weight is 449 g/mol. The van der Waals surface area contributed by atoms with E-state index < -0.39 is 26.8 Å². The van der Waals surface area contributed by atoms with Gasteiger partial charge in [-0.15, -0.1) is 0 Å². The fourth-order valence-corrected chi connectivity index (χ4v) is 2.93. The SMILES string of the molecule is O=c1[nH]c(/C=C\c2ccc(-c3ccc([N+](=O)[O-])cc3Br)o2)c([N+](=O)[O-])c(=O)[nH]1. The molecule has 0 saturated carbocycles. The first-order chi connectivity index (χ1) is 13.3. The van der Waals surface area contributed by atoms with Crippen molar-refractivity contribution >= 4 is 39.5 Å². The molecule has 3 aromatic rings. The first-order valence-electron chi connectivity index (χ1n) is 7.49. The van der Waals surface area contributed by atoms with E-state index in [1.54, 1.807) is 17.1 Å². The predicted octanol–water partition coefficient (Wildman–Crippen LogP) is 3.07. The van der Waals surface area contributed by atoms with E-state index in [-0.39, 0.29) is 17.1 Å². The van der Waals surface area contributed by atoms with Gasteiger partial charge in [0.15, 0.2) is 0 Å². The number of halogens is 1. The molecule has 0 radical (unpaired) electrons. The molecule has 142 valence electrons. The van der Waals surface area contributed by atoms with Crippen LogP contribution in [-0.2, 0) is 0 Å². The van der Waals surface area contributed by atoms with Crippen LogP contribution in [0.15, 0.2) is 48.8 Å². The van der Waals surface area contributed by atoms with E-state index in [0.717, 1.165) is 0 Å². The molecule has 0 aliphatic heterocycles. The fraction of sp³-hybridized carbons (Fsp3) is 0. The summed E-state index contributed by atoms with van der Waals surface area (Å²) < 4.78 is 6.04. The highest BCUT2D eigenvalue weighted by Crippen LogP contribution is 2.32. The number of nitro benzene ring substituents is 1. The van der Waals surface area contributed by atoms with E-state index >= 15 is 0 Å². The molecule has 3 rings (SSSR count). The van der Waals surface area contributed by atoms with E-state index in [1.165, 1.54) is 30.4 Å². The van der Waals surface area contributed by atoms with E-state index in [1.807, 2.05) is 0 Å². The zero-order valence-electron chi connectivity index (χ0n) is 13.7. The summed E-state index contributed by atoms with van der Waals surface area (Å²) >= 11 is 3.24. The molecular formula is C16H9BrN4O7. The highest BCUT2D eigenvalue weighted by molar-refractivity contribution is 9.10. The smallest absolute Gasteiger partial charge is 0.357 e. The van der Waals surface area contributed by atoms with E-state index in [9.17, 15) is 29.8 Å². The molecule has 2 aromatic heterocycles. The van der Waals surface area contributed by atoms with E-state index in [2.05, 4.69) is 20.9 Å². The van der Waals surface area contributed by atoms with Gasteiger partial charge in [-0.3, -0.25) is 30.0 Å². The van der Waals surface area contributed by atoms with Crippen LogP contribution in [0.25, 0.3) is 23.5 Å². The molecule has 1 aromatic carbocycles. The normalized spacial score (nSPS) is 11.0. The number of H-pyrrole nitrogens is 2. The van der Waals surface area contributed by atoms with Crippen molar-refractivity contribution in [3.8, 4) is 11.3 Å². The number of nitrogens with zero attached hydrogens (tertiary/aromatic N) is 2. The number of non-ortho nitro benzene ring substituents is 1. The molecule has 0 fully saturated rings. The van der Waals surface area contributed by atoms with E-state index in [4.69, 9.17) is 4.42 Å². The molecular weight excluding hydrogens is 440 g/mol. The summed E-state index contributed by atoms with van der Waals surface area (Å²) in [5, 5.41) is 21.8. The maximum absolute atomic E-state index is 11.6. The summed E-state index contributed by atoms with van der Waals surface area (Å²) in [5.74, 6) is 0.658. The number of aromatic nitrogens is 2. The van der Waals surface area contributed by atoms with Crippen LogP contribution in [0.5, 0.6) is 0 Å². The van der Waals surface area contributed by atoms with Gasteiger partial charge in [0.25, 0.3) is 5.69 Å². The van der Waals surface area contributed by atoms with Crippen molar-refractivity contribution in [2.75, 3.05) is 0 Å². The number of nitro groups is 2. The maximum atomic E-state index is 11.6. The molecule has 0 amide bonds. The zero-order chi connectivity index (χ0) is 20.4. The molecule has 12 heteroatoms. The molecule has 2 heterocycles. The summed E-state index contributed by atoms with van der Waals surface area (Å²) in [6.45, 7) is 0. The van der Waals surface area contributed by atoms with Gasteiger partial charge in [-0.2, -0.15) is 0 Å². The van der Waals surface area contributed by atoms with Crippen LogP contribution >= 0.6 is 15.9 Å². The number of furan rings is 1. The molecule has 2 N–H and O–H groups in total. The van der Waals surface area contributed by atoms with Crippen LogP contribution in [0.1, 0.15) is 11.5 Å². The van der Waals surface area contributed by atoms with Gasteiger partial charge in [0.1, 0.15) is 17.2 Å². The summed E-state index contributed by atoms with van der Waals surface area (Å²) in [6, 6.07) is 7.31. The Morgan fingerprint density at radius 3 is 2.39 bits per heavy atom. The van der Waals surface area contributed by atoms with Crippen molar-refractivity contribution in [1.29, 1.82) is 0 Å². The van der Waals surface area contributed by atoms with Gasteiger partial charge in [0.2, 0.25) is 0 Å². The van der Waals surface area contributed by atoms with Gasteiger partial charge in [-0.25, -0.2) is 4.79 Å². The summed E-state index contributed by atoms with van der Waals surface area (Å²) in [6.07, 6.45) is 2.50. The van der Waals surface area contributed by atoms with Crippen molar-refractivity contribution in [3.05, 3.63) is 87.3 Å². The van der Waals surface area contributed by atoms with Crippen molar-refractivity contribution in [3.63, 3.8) is 0 Å². The first-order valence-corrected chi connectivity index (χ1v) is 8.29. The Morgan fingerprint density at radius 1 is 1.00 bits per heavy atom. The number of aromatic amines is 2. The summed E-state index contributed by atoms with van der Waals surface area (Å²) in [5.41, 5.74) is -2.63. The lowest BCUT2D eigenvalue weighted by Gasteiger charge is -2.00. The Hall–Kier alpha value is -3.80. The third-order valence-electron chi connectivity index (χ3n) is 3.60. The number of hydrogen-bond acceptors (Lipinski definition) is 7. The Bertz CT molecular complexity index is 1240. The van der Waals surface area contributed by atoms with Crippen molar-refractivity contribution in [1.82, 2.24) is 9.97 Å². The highest BCUT2D eigenvalue weighted by atomic mass is 79.9. The lowest BCUT2D eigenvalue weighted by molar-refractivity contribution is -0.386. The Kier molecular flexibility index (Phi) is 5.04. The monoisotopic (exact) mass is 448 g/mol. The summed E-state index contributed by atoms with van der Waals surface area (Å²) in [7, 11) is 0. The van der Waals surface area contributed by atoms with Gasteiger partial charge in [0, 0.05) is 22.2 Å². The van der Waals surface area contributed by atoms with Crippen molar-refractivity contribution in [2.45, 2.75) is 0 Å². The van der Waals surface area contributed by atoms with Gasteiger partial charge in [0.05, 0.1) is 9.85 Å². The standard InChI is InChI=1S/C16H9BrN4O7/c17-11-7-8(20(24)25)1-4-10(11)13-6-3-9(28-13)2-5-12-14(21(26)27)15(22)19-16(23)18-12/h1-7H,(H2,18,19,22,23)/b5-2-. The second-order valence-corrected chi connectivity index (χ2v) is 6.24. The molecule has 0 spiro atoms. The lowest BCUT2D eigenvalue weighted by atomic mass is 10.1. The van der Waals surface area contributed by atoms with Crippen LogP contribution < -0.4 is 11.2 Å². The molecule has 0 aliphatic rings. The zero-order valence-corrected chi connectivity index (χ0v) is 15.3. The van der Waals surface area contributed by atoms with Gasteiger partial charge >= 0.3 is 16.9 Å². The Morgan fingerprint density at radius 2 is 1.75 bits per heavy atom. The van der Waals surface area contributed by atoms with Gasteiger partial charge in [-0.1, -0.05) is 0 Å². The van der Waals surface area contributed by atoms with Crippen molar-refractivity contribution in [2.24, 2.45) is 0 Å². The number of rotatable bonds is 5. The molecule has 0 bridgehead atoms. The second kappa shape index (κ2) is 7.44. The first kappa shape index (κ1) is 19.0. The molecule has 0 aliphatic carbocycles. The highest BCUT2D eigenvalue weighted by Gasteiger charge is 2.19. The second-order valence-electron chi connectivity index (χ2n) is 5.38.